The molecule has 10 heavy (non-hydrogen) atoms. The summed E-state index contributed by atoms with van der Waals surface area (Å²) in [6.07, 6.45) is -2.33. The predicted molar refractivity (Wildman–Crippen MR) is 35.5 cm³/mol. The number of hydrogen-bond acceptors (Lipinski definition) is 2. The Morgan fingerprint density at radius 2 is 2.00 bits per heavy atom. The van der Waals surface area contributed by atoms with E-state index in [2.05, 4.69) is 0 Å². The van der Waals surface area contributed by atoms with Crippen LogP contribution in [0.5, 0.6) is 0 Å². The fraction of sp³-hybridized carbons (Fsp3) is 1.00. The van der Waals surface area contributed by atoms with E-state index in [1.807, 2.05) is 0 Å². The Morgan fingerprint density at radius 3 is 2.20 bits per heavy atom. The Balaban J connectivity index is 0.000000810. The summed E-state index contributed by atoms with van der Waals surface area (Å²) < 4.78 is 28.4. The zero-order chi connectivity index (χ0) is 6.85. The Bertz CT molecular complexity index is 104. The molecule has 1 aliphatic rings. The van der Waals surface area contributed by atoms with Gasteiger partial charge in [0, 0.05) is 6.04 Å². The molecule has 1 fully saturated rings. The van der Waals surface area contributed by atoms with E-state index in [0.717, 1.165) is 0 Å². The van der Waals surface area contributed by atoms with E-state index in [-0.39, 0.29) is 25.6 Å². The predicted octanol–water partition coefficient (Wildman–Crippen LogP) is 0.647. The molecule has 0 spiro atoms. The van der Waals surface area contributed by atoms with E-state index in [4.69, 9.17) is 10.5 Å². The van der Waals surface area contributed by atoms with Crippen molar-refractivity contribution in [3.63, 3.8) is 0 Å². The zero-order valence-electron chi connectivity index (χ0n) is 5.30. The molecule has 2 atom stereocenters. The molecule has 0 aromatic heterocycles. The minimum Gasteiger partial charge on any atom is -0.379 e. The standard InChI is InChI=1S/C5H9F2NO.ClH/c6-5(7)3-1-9-2-4(3)8;/h3-5H,1-2,8H2;1H/t3-,4-;/m1./s1. The van der Waals surface area contributed by atoms with Gasteiger partial charge in [-0.3, -0.25) is 0 Å². The van der Waals surface area contributed by atoms with Crippen molar-refractivity contribution in [2.75, 3.05) is 13.2 Å². The molecule has 0 aromatic carbocycles. The van der Waals surface area contributed by atoms with Crippen LogP contribution in [0.15, 0.2) is 0 Å². The van der Waals surface area contributed by atoms with Crippen molar-refractivity contribution in [3.8, 4) is 0 Å². The minimum atomic E-state index is -2.33. The lowest BCUT2D eigenvalue weighted by Crippen LogP contribution is -2.32. The number of hydrogen-bond donors (Lipinski definition) is 1. The fourth-order valence-electron chi connectivity index (χ4n) is 0.847. The van der Waals surface area contributed by atoms with Crippen LogP contribution in [0.4, 0.5) is 8.78 Å². The molecule has 0 aromatic rings. The third-order valence-electron chi connectivity index (χ3n) is 1.49. The van der Waals surface area contributed by atoms with Gasteiger partial charge in [0.25, 0.3) is 0 Å². The van der Waals surface area contributed by atoms with Crippen molar-refractivity contribution >= 4 is 12.4 Å². The third-order valence-corrected chi connectivity index (χ3v) is 1.49. The topological polar surface area (TPSA) is 35.2 Å². The Hall–Kier alpha value is 0.0700. The molecule has 0 radical (unpaired) electrons. The number of ether oxygens (including phenoxy) is 1. The molecule has 1 saturated heterocycles. The zero-order valence-corrected chi connectivity index (χ0v) is 6.11. The summed E-state index contributed by atoms with van der Waals surface area (Å²) in [6, 6.07) is -0.468. The first-order valence-corrected chi connectivity index (χ1v) is 2.83. The van der Waals surface area contributed by atoms with Gasteiger partial charge in [-0.2, -0.15) is 0 Å². The first kappa shape index (κ1) is 10.1. The van der Waals surface area contributed by atoms with Crippen LogP contribution in [0.1, 0.15) is 0 Å². The molecule has 62 valence electrons. The molecule has 0 unspecified atom stereocenters. The largest absolute Gasteiger partial charge is 0.379 e. The molecule has 1 aliphatic heterocycles. The van der Waals surface area contributed by atoms with Crippen molar-refractivity contribution in [1.82, 2.24) is 0 Å². The average molecular weight is 174 g/mol. The molecular weight excluding hydrogens is 164 g/mol. The second-order valence-corrected chi connectivity index (χ2v) is 2.20. The van der Waals surface area contributed by atoms with Crippen LogP contribution in [0.3, 0.4) is 0 Å². The quantitative estimate of drug-likeness (QED) is 0.632. The summed E-state index contributed by atoms with van der Waals surface area (Å²) in [5, 5.41) is 0. The SMILES string of the molecule is Cl.N[C@@H]1COC[C@H]1C(F)F. The monoisotopic (exact) mass is 173 g/mol. The second kappa shape index (κ2) is 4.05. The van der Waals surface area contributed by atoms with Crippen LogP contribution in [0.2, 0.25) is 0 Å². The van der Waals surface area contributed by atoms with Gasteiger partial charge in [-0.05, 0) is 0 Å². The van der Waals surface area contributed by atoms with Gasteiger partial charge in [0.15, 0.2) is 0 Å². The van der Waals surface area contributed by atoms with E-state index in [0.29, 0.717) is 0 Å². The lowest BCUT2D eigenvalue weighted by Gasteiger charge is -2.09. The van der Waals surface area contributed by atoms with Gasteiger partial charge < -0.3 is 10.5 Å². The number of nitrogens with two attached hydrogens (primary N) is 1. The van der Waals surface area contributed by atoms with Crippen molar-refractivity contribution < 1.29 is 13.5 Å². The highest BCUT2D eigenvalue weighted by molar-refractivity contribution is 5.85. The van der Waals surface area contributed by atoms with Gasteiger partial charge >= 0.3 is 0 Å². The maximum Gasteiger partial charge on any atom is 0.245 e. The van der Waals surface area contributed by atoms with Gasteiger partial charge in [0.1, 0.15) is 0 Å². The Kier molecular flexibility index (Phi) is 4.08. The average Bonchev–Trinajstić information content (AvgIpc) is 2.13. The normalized spacial score (nSPS) is 32.4. The molecular formula is C5H10ClF2NO. The third kappa shape index (κ3) is 2.04. The molecule has 2 N–H and O–H groups in total. The highest BCUT2D eigenvalue weighted by Crippen LogP contribution is 2.18. The minimum absolute atomic E-state index is 0. The molecule has 1 heterocycles. The Labute approximate surface area is 64.1 Å². The fourth-order valence-corrected chi connectivity index (χ4v) is 0.847. The van der Waals surface area contributed by atoms with Crippen molar-refractivity contribution in [1.29, 1.82) is 0 Å². The summed E-state index contributed by atoms with van der Waals surface area (Å²) in [5.74, 6) is -0.745. The van der Waals surface area contributed by atoms with Crippen molar-refractivity contribution in [2.45, 2.75) is 12.5 Å². The van der Waals surface area contributed by atoms with E-state index in [9.17, 15) is 8.78 Å². The number of halogens is 3. The maximum atomic E-state index is 11.8. The summed E-state index contributed by atoms with van der Waals surface area (Å²) in [7, 11) is 0. The summed E-state index contributed by atoms with van der Waals surface area (Å²) in [5.41, 5.74) is 5.27. The van der Waals surface area contributed by atoms with E-state index >= 15 is 0 Å². The summed E-state index contributed by atoms with van der Waals surface area (Å²) in [4.78, 5) is 0. The number of rotatable bonds is 1. The highest BCUT2D eigenvalue weighted by atomic mass is 35.5. The van der Waals surface area contributed by atoms with Gasteiger partial charge in [-0.15, -0.1) is 12.4 Å². The Morgan fingerprint density at radius 1 is 1.40 bits per heavy atom. The molecule has 5 heteroatoms. The molecule has 1 rings (SSSR count). The van der Waals surface area contributed by atoms with Crippen molar-refractivity contribution in [3.05, 3.63) is 0 Å². The molecule has 0 amide bonds. The smallest absolute Gasteiger partial charge is 0.245 e. The lowest BCUT2D eigenvalue weighted by atomic mass is 10.1. The van der Waals surface area contributed by atoms with Crippen LogP contribution < -0.4 is 5.73 Å². The van der Waals surface area contributed by atoms with Gasteiger partial charge in [0.2, 0.25) is 6.43 Å². The van der Waals surface area contributed by atoms with Crippen LogP contribution in [-0.4, -0.2) is 25.7 Å². The molecule has 2 nitrogen and oxygen atoms in total. The first-order chi connectivity index (χ1) is 4.22. The summed E-state index contributed by atoms with van der Waals surface area (Å²) in [6.45, 7) is 0.383. The van der Waals surface area contributed by atoms with Crippen LogP contribution in [-0.2, 0) is 4.74 Å². The van der Waals surface area contributed by atoms with Crippen LogP contribution in [0, 0.1) is 5.92 Å². The molecule has 0 saturated carbocycles. The molecule has 0 aliphatic carbocycles. The van der Waals surface area contributed by atoms with Crippen LogP contribution in [0.25, 0.3) is 0 Å². The highest BCUT2D eigenvalue weighted by Gasteiger charge is 2.32. The van der Waals surface area contributed by atoms with E-state index < -0.39 is 18.4 Å². The van der Waals surface area contributed by atoms with Gasteiger partial charge in [0.05, 0.1) is 19.1 Å². The number of alkyl halides is 2. The van der Waals surface area contributed by atoms with E-state index in [1.54, 1.807) is 0 Å². The summed E-state index contributed by atoms with van der Waals surface area (Å²) >= 11 is 0. The van der Waals surface area contributed by atoms with Crippen LogP contribution >= 0.6 is 12.4 Å². The van der Waals surface area contributed by atoms with Gasteiger partial charge in [-0.25, -0.2) is 8.78 Å². The van der Waals surface area contributed by atoms with Gasteiger partial charge in [-0.1, -0.05) is 0 Å². The van der Waals surface area contributed by atoms with E-state index in [1.165, 1.54) is 0 Å². The molecule has 0 bridgehead atoms. The first-order valence-electron chi connectivity index (χ1n) is 2.83. The van der Waals surface area contributed by atoms with Crippen molar-refractivity contribution in [2.24, 2.45) is 11.7 Å². The lowest BCUT2D eigenvalue weighted by molar-refractivity contribution is 0.0626. The maximum absolute atomic E-state index is 11.8. The second-order valence-electron chi connectivity index (χ2n) is 2.20.